The summed E-state index contributed by atoms with van der Waals surface area (Å²) >= 11 is 1.50. The molecule has 0 unspecified atom stereocenters. The number of benzene rings is 1. The monoisotopic (exact) mass is 319 g/mol. The molecule has 0 saturated heterocycles. The van der Waals surface area contributed by atoms with Crippen molar-refractivity contribution in [2.75, 3.05) is 6.61 Å². The second-order valence-corrected chi connectivity index (χ2v) is 6.55. The van der Waals surface area contributed by atoms with Crippen molar-refractivity contribution in [1.29, 1.82) is 0 Å². The Kier molecular flexibility index (Phi) is 6.06. The molecular weight excluding hydrogens is 294 g/mol. The van der Waals surface area contributed by atoms with Crippen LogP contribution in [0.2, 0.25) is 0 Å². The van der Waals surface area contributed by atoms with Crippen LogP contribution in [-0.2, 0) is 6.42 Å². The van der Waals surface area contributed by atoms with Crippen molar-refractivity contribution in [3.05, 3.63) is 29.5 Å². The second-order valence-electron chi connectivity index (χ2n) is 5.36. The van der Waals surface area contributed by atoms with Gasteiger partial charge in [0.2, 0.25) is 0 Å². The van der Waals surface area contributed by atoms with E-state index in [1.165, 1.54) is 17.3 Å². The molecule has 0 bridgehead atoms. The maximum absolute atomic E-state index is 5.84. The van der Waals surface area contributed by atoms with Crippen molar-refractivity contribution in [2.24, 2.45) is 11.5 Å². The second kappa shape index (κ2) is 7.81. The Bertz CT molecular complexity index is 643. The van der Waals surface area contributed by atoms with Crippen LogP contribution in [-0.4, -0.2) is 17.1 Å². The van der Waals surface area contributed by atoms with E-state index in [0.29, 0.717) is 6.61 Å². The Morgan fingerprint density at radius 1 is 1.23 bits per heavy atom. The van der Waals surface area contributed by atoms with Gasteiger partial charge in [-0.1, -0.05) is 32.0 Å². The fourth-order valence-corrected chi connectivity index (χ4v) is 3.45. The zero-order chi connectivity index (χ0) is 16.1. The fraction of sp³-hybridized carbons (Fsp3) is 0.471. The van der Waals surface area contributed by atoms with Gasteiger partial charge in [-0.2, -0.15) is 0 Å². The molecule has 2 rings (SSSR count). The lowest BCUT2D eigenvalue weighted by Crippen LogP contribution is -2.26. The zero-order valence-electron chi connectivity index (χ0n) is 13.6. The highest BCUT2D eigenvalue weighted by atomic mass is 32.2. The minimum atomic E-state index is -0.444. The first kappa shape index (κ1) is 17.1. The number of fused-ring (bicyclic) bond motifs is 1. The molecule has 0 spiro atoms. The van der Waals surface area contributed by atoms with Crippen LogP contribution in [0.25, 0.3) is 10.9 Å². The summed E-state index contributed by atoms with van der Waals surface area (Å²) in [6.07, 6.45) is 3.03. The molecule has 1 heterocycles. The van der Waals surface area contributed by atoms with Gasteiger partial charge in [-0.3, -0.25) is 4.98 Å². The molecule has 4 N–H and O–H groups in total. The van der Waals surface area contributed by atoms with Crippen LogP contribution in [0.3, 0.4) is 0 Å². The summed E-state index contributed by atoms with van der Waals surface area (Å²) in [6, 6.07) is 6.04. The molecular formula is C17H25N3OS. The summed E-state index contributed by atoms with van der Waals surface area (Å²) in [7, 11) is 0. The standard InChI is InChI=1S/C17H25N3OS/c1-4-6-13-11(3)20-15-8-7-12(21-9-5-2)10-14(15)16(13)22-17(18)19/h7-8,10,17H,4-6,9,18-19H2,1-3H3. The van der Waals surface area contributed by atoms with Crippen LogP contribution in [0.15, 0.2) is 23.1 Å². The van der Waals surface area contributed by atoms with Crippen molar-refractivity contribution in [3.63, 3.8) is 0 Å². The molecule has 5 heteroatoms. The number of pyridine rings is 1. The van der Waals surface area contributed by atoms with Crippen LogP contribution < -0.4 is 16.2 Å². The normalized spacial score (nSPS) is 11.4. The van der Waals surface area contributed by atoms with E-state index in [-0.39, 0.29) is 0 Å². The first-order valence-electron chi connectivity index (χ1n) is 7.80. The van der Waals surface area contributed by atoms with Crippen molar-refractivity contribution in [1.82, 2.24) is 4.98 Å². The van der Waals surface area contributed by atoms with E-state index < -0.39 is 5.50 Å². The zero-order valence-corrected chi connectivity index (χ0v) is 14.4. The van der Waals surface area contributed by atoms with Crippen molar-refractivity contribution >= 4 is 22.7 Å². The van der Waals surface area contributed by atoms with Crippen molar-refractivity contribution < 1.29 is 4.74 Å². The number of thioether (sulfide) groups is 1. The van der Waals surface area contributed by atoms with Gasteiger partial charge in [0.1, 0.15) is 11.2 Å². The van der Waals surface area contributed by atoms with Gasteiger partial charge in [-0.05, 0) is 43.5 Å². The van der Waals surface area contributed by atoms with Gasteiger partial charge < -0.3 is 16.2 Å². The first-order valence-corrected chi connectivity index (χ1v) is 8.68. The summed E-state index contributed by atoms with van der Waals surface area (Å²) in [5, 5.41) is 1.08. The lowest BCUT2D eigenvalue weighted by atomic mass is 10.1. The van der Waals surface area contributed by atoms with Gasteiger partial charge >= 0.3 is 0 Å². The van der Waals surface area contributed by atoms with Crippen molar-refractivity contribution in [2.45, 2.75) is 50.4 Å². The topological polar surface area (TPSA) is 74.2 Å². The molecule has 1 aromatic carbocycles. The molecule has 22 heavy (non-hydrogen) atoms. The van der Waals surface area contributed by atoms with E-state index in [1.54, 1.807) is 0 Å². The number of ether oxygens (including phenoxy) is 1. The summed E-state index contributed by atoms with van der Waals surface area (Å²) in [5.41, 5.74) is 14.5. The largest absolute Gasteiger partial charge is 0.494 e. The van der Waals surface area contributed by atoms with Gasteiger partial charge in [-0.15, -0.1) is 0 Å². The molecule has 0 amide bonds. The van der Waals surface area contributed by atoms with Crippen LogP contribution in [0.4, 0.5) is 0 Å². The Morgan fingerprint density at radius 2 is 2.00 bits per heavy atom. The molecule has 1 aromatic heterocycles. The predicted molar refractivity (Wildman–Crippen MR) is 94.3 cm³/mol. The van der Waals surface area contributed by atoms with E-state index >= 15 is 0 Å². The lowest BCUT2D eigenvalue weighted by Gasteiger charge is -2.17. The first-order chi connectivity index (χ1) is 10.6. The number of aromatic nitrogens is 1. The maximum atomic E-state index is 5.84. The van der Waals surface area contributed by atoms with Gasteiger partial charge in [0, 0.05) is 16.0 Å². The van der Waals surface area contributed by atoms with Gasteiger partial charge in [0.25, 0.3) is 0 Å². The molecule has 0 fully saturated rings. The lowest BCUT2D eigenvalue weighted by molar-refractivity contribution is 0.318. The molecule has 0 radical (unpaired) electrons. The average Bonchev–Trinajstić information content (AvgIpc) is 2.48. The number of hydrogen-bond acceptors (Lipinski definition) is 5. The Hall–Kier alpha value is -1.30. The number of nitrogens with zero attached hydrogens (tertiary/aromatic N) is 1. The number of rotatable bonds is 7. The number of aryl methyl sites for hydroxylation is 1. The van der Waals surface area contributed by atoms with Crippen LogP contribution >= 0.6 is 11.8 Å². The highest BCUT2D eigenvalue weighted by Crippen LogP contribution is 2.35. The summed E-state index contributed by atoms with van der Waals surface area (Å²) in [6.45, 7) is 7.03. The summed E-state index contributed by atoms with van der Waals surface area (Å²) in [4.78, 5) is 5.87. The third kappa shape index (κ3) is 3.91. The fourth-order valence-electron chi connectivity index (χ4n) is 2.49. The third-order valence-corrected chi connectivity index (χ3v) is 4.41. The average molecular weight is 319 g/mol. The van der Waals surface area contributed by atoms with Crippen molar-refractivity contribution in [3.8, 4) is 5.75 Å². The minimum Gasteiger partial charge on any atom is -0.494 e. The Labute approximate surface area is 136 Å². The summed E-state index contributed by atoms with van der Waals surface area (Å²) in [5.74, 6) is 0.870. The van der Waals surface area contributed by atoms with Gasteiger partial charge in [-0.25, -0.2) is 0 Å². The maximum Gasteiger partial charge on any atom is 0.120 e. The van der Waals surface area contributed by atoms with E-state index in [9.17, 15) is 0 Å². The van der Waals surface area contributed by atoms with E-state index in [0.717, 1.165) is 46.5 Å². The van der Waals surface area contributed by atoms with Gasteiger partial charge in [0.05, 0.1) is 12.1 Å². The molecule has 2 aromatic rings. The van der Waals surface area contributed by atoms with E-state index in [1.807, 2.05) is 12.1 Å². The summed E-state index contributed by atoms with van der Waals surface area (Å²) < 4.78 is 5.75. The quantitative estimate of drug-likeness (QED) is 0.603. The smallest absolute Gasteiger partial charge is 0.120 e. The Morgan fingerprint density at radius 3 is 2.64 bits per heavy atom. The van der Waals surface area contributed by atoms with Gasteiger partial charge in [0.15, 0.2) is 0 Å². The third-order valence-electron chi connectivity index (χ3n) is 3.44. The predicted octanol–water partition coefficient (Wildman–Crippen LogP) is 3.58. The minimum absolute atomic E-state index is 0.444. The molecule has 120 valence electrons. The number of nitrogens with two attached hydrogens (primary N) is 2. The number of hydrogen-bond donors (Lipinski definition) is 2. The van der Waals surface area contributed by atoms with E-state index in [2.05, 4.69) is 26.8 Å². The molecule has 4 nitrogen and oxygen atoms in total. The Balaban J connectivity index is 2.59. The van der Waals surface area contributed by atoms with Crippen LogP contribution in [0.5, 0.6) is 5.75 Å². The van der Waals surface area contributed by atoms with Crippen LogP contribution in [0, 0.1) is 6.92 Å². The van der Waals surface area contributed by atoms with E-state index in [4.69, 9.17) is 21.2 Å². The molecule has 0 atom stereocenters. The molecule has 0 aliphatic heterocycles. The highest BCUT2D eigenvalue weighted by Gasteiger charge is 2.15. The van der Waals surface area contributed by atoms with Crippen LogP contribution in [0.1, 0.15) is 37.9 Å². The molecule has 0 aliphatic rings. The highest BCUT2D eigenvalue weighted by molar-refractivity contribution is 8.00. The molecule has 0 saturated carbocycles. The molecule has 0 aliphatic carbocycles. The SMILES string of the molecule is CCCOc1ccc2nc(C)c(CCC)c(SC(N)N)c2c1.